The van der Waals surface area contributed by atoms with Crippen LogP contribution in [0.1, 0.15) is 24.5 Å². The Balaban J connectivity index is 1.38. The second-order valence-corrected chi connectivity index (χ2v) is 14.8. The molecule has 0 radical (unpaired) electrons. The summed E-state index contributed by atoms with van der Waals surface area (Å²) in [6.45, 7) is 5.33. The number of methoxy groups -OCH3 is 1. The van der Waals surface area contributed by atoms with Crippen molar-refractivity contribution in [1.29, 1.82) is 0 Å². The van der Waals surface area contributed by atoms with Crippen LogP contribution in [0.15, 0.2) is 53.7 Å². The summed E-state index contributed by atoms with van der Waals surface area (Å²) in [4.78, 5) is 23.1. The Morgan fingerprint density at radius 1 is 1.05 bits per heavy atom. The maximum Gasteiger partial charge on any atom is 0.237 e. The Morgan fingerprint density at radius 3 is 2.56 bits per heavy atom. The van der Waals surface area contributed by atoms with Gasteiger partial charge in [-0.3, -0.25) is 14.6 Å². The fourth-order valence-electron chi connectivity index (χ4n) is 5.38. The van der Waals surface area contributed by atoms with Crippen LogP contribution in [0.2, 0.25) is 0 Å². The van der Waals surface area contributed by atoms with E-state index in [2.05, 4.69) is 51.9 Å². The average Bonchev–Trinajstić information content (AvgIpc) is 3.44. The van der Waals surface area contributed by atoms with Crippen molar-refractivity contribution in [2.75, 3.05) is 44.2 Å². The Hall–Kier alpha value is -3.93. The summed E-state index contributed by atoms with van der Waals surface area (Å²) in [5.74, 6) is 1.57. The lowest BCUT2D eigenvalue weighted by Gasteiger charge is -2.25. The molecule has 1 aliphatic heterocycles. The SMILES string of the molecule is COc1nc(C2CCNCC2)c(-c2cnn(C)c2)cc1Nc1ncc(Br)c(Nc2ccc3nccnc3c2P(C)(C)=O)n1. The normalized spacial score (nSPS) is 14.2. The first-order chi connectivity index (χ1) is 20.7. The van der Waals surface area contributed by atoms with Crippen LogP contribution in [0.3, 0.4) is 0 Å². The van der Waals surface area contributed by atoms with Gasteiger partial charge in [-0.2, -0.15) is 10.1 Å². The predicted molar refractivity (Wildman–Crippen MR) is 173 cm³/mol. The highest BCUT2D eigenvalue weighted by Gasteiger charge is 2.25. The summed E-state index contributed by atoms with van der Waals surface area (Å²) in [5, 5.41) is 15.1. The smallest absolute Gasteiger partial charge is 0.237 e. The number of anilines is 4. The molecule has 0 aliphatic carbocycles. The van der Waals surface area contributed by atoms with Crippen LogP contribution in [-0.4, -0.2) is 68.2 Å². The molecule has 4 aromatic heterocycles. The average molecular weight is 664 g/mol. The van der Waals surface area contributed by atoms with Gasteiger partial charge in [0.15, 0.2) is 0 Å². The first-order valence-corrected chi connectivity index (χ1v) is 17.2. The number of aryl methyl sites for hydroxylation is 1. The molecule has 1 aliphatic rings. The van der Waals surface area contributed by atoms with Gasteiger partial charge in [0.1, 0.15) is 24.2 Å². The van der Waals surface area contributed by atoms with Gasteiger partial charge in [0.05, 0.1) is 40.0 Å². The van der Waals surface area contributed by atoms with E-state index in [4.69, 9.17) is 14.7 Å². The number of nitrogens with zero attached hydrogens (tertiary/aromatic N) is 7. The van der Waals surface area contributed by atoms with Gasteiger partial charge in [0.2, 0.25) is 11.8 Å². The summed E-state index contributed by atoms with van der Waals surface area (Å²) in [6, 6.07) is 5.72. The third-order valence-electron chi connectivity index (χ3n) is 7.35. The van der Waals surface area contributed by atoms with E-state index in [1.807, 2.05) is 37.6 Å². The van der Waals surface area contributed by atoms with Crippen molar-refractivity contribution in [3.05, 3.63) is 59.3 Å². The molecule has 12 nitrogen and oxygen atoms in total. The fourth-order valence-corrected chi connectivity index (χ4v) is 7.07. The van der Waals surface area contributed by atoms with Crippen molar-refractivity contribution in [3.63, 3.8) is 0 Å². The van der Waals surface area contributed by atoms with E-state index in [1.54, 1.807) is 43.7 Å². The Morgan fingerprint density at radius 2 is 1.84 bits per heavy atom. The Bertz CT molecular complexity index is 1850. The van der Waals surface area contributed by atoms with E-state index >= 15 is 0 Å². The quantitative estimate of drug-likeness (QED) is 0.189. The van der Waals surface area contributed by atoms with E-state index in [0.717, 1.165) is 42.8 Å². The molecule has 0 amide bonds. The van der Waals surface area contributed by atoms with Crippen molar-refractivity contribution >= 4 is 62.6 Å². The molecule has 14 heteroatoms. The van der Waals surface area contributed by atoms with Gasteiger partial charge in [-0.25, -0.2) is 9.97 Å². The molecule has 0 atom stereocenters. The van der Waals surface area contributed by atoms with Gasteiger partial charge in [0.25, 0.3) is 0 Å². The molecule has 43 heavy (non-hydrogen) atoms. The minimum absolute atomic E-state index is 0.299. The van der Waals surface area contributed by atoms with Crippen LogP contribution in [0.25, 0.3) is 22.2 Å². The molecule has 1 saturated heterocycles. The lowest BCUT2D eigenvalue weighted by molar-refractivity contribution is 0.392. The van der Waals surface area contributed by atoms with Crippen molar-refractivity contribution in [1.82, 2.24) is 40.0 Å². The maximum absolute atomic E-state index is 13.4. The first kappa shape index (κ1) is 29.2. The molecule has 3 N–H and O–H groups in total. The molecule has 6 rings (SSSR count). The highest BCUT2D eigenvalue weighted by Crippen LogP contribution is 2.42. The number of ether oxygens (including phenoxy) is 1. The molecule has 222 valence electrons. The van der Waals surface area contributed by atoms with Crippen molar-refractivity contribution in [2.24, 2.45) is 7.05 Å². The van der Waals surface area contributed by atoms with Gasteiger partial charge < -0.3 is 25.3 Å². The van der Waals surface area contributed by atoms with E-state index in [1.165, 1.54) is 0 Å². The van der Waals surface area contributed by atoms with Crippen molar-refractivity contribution in [2.45, 2.75) is 18.8 Å². The number of rotatable bonds is 8. The molecule has 1 fully saturated rings. The zero-order valence-electron chi connectivity index (χ0n) is 24.3. The molecule has 1 aromatic carbocycles. The third kappa shape index (κ3) is 6.11. The number of nitrogens with one attached hydrogen (secondary N) is 3. The minimum atomic E-state index is -2.76. The Kier molecular flexibility index (Phi) is 8.13. The van der Waals surface area contributed by atoms with E-state index in [9.17, 15) is 4.57 Å². The van der Waals surface area contributed by atoms with Gasteiger partial charge in [-0.1, -0.05) is 0 Å². The monoisotopic (exact) mass is 662 g/mol. The standard InChI is InChI=1S/C29H32BrN10O2P/c1-40-16-18(14-35-40)19-13-23(28(42-2)38-24(19)17-7-9-31-10-8-17)37-29-34-15-20(30)27(39-29)36-22-6-5-21-25(33-12-11-32-21)26(22)43(3,4)41/h5-6,11-17,31H,7-10H2,1-4H3,(H2,34,36,37,39). The molecule has 0 spiro atoms. The maximum atomic E-state index is 13.4. The van der Waals surface area contributed by atoms with Crippen LogP contribution >= 0.6 is 23.1 Å². The predicted octanol–water partition coefficient (Wildman–Crippen LogP) is 5.19. The Labute approximate surface area is 257 Å². The second-order valence-electron chi connectivity index (χ2n) is 10.8. The van der Waals surface area contributed by atoms with Crippen LogP contribution in [0.4, 0.5) is 23.1 Å². The van der Waals surface area contributed by atoms with Gasteiger partial charge in [-0.05, 0) is 73.4 Å². The largest absolute Gasteiger partial charge is 0.480 e. The summed E-state index contributed by atoms with van der Waals surface area (Å²) in [7, 11) is 0.753. The molecule has 0 bridgehead atoms. The van der Waals surface area contributed by atoms with Gasteiger partial charge in [0, 0.05) is 48.9 Å². The number of benzene rings is 1. The third-order valence-corrected chi connectivity index (χ3v) is 9.46. The van der Waals surface area contributed by atoms with E-state index in [-0.39, 0.29) is 0 Å². The lowest BCUT2D eigenvalue weighted by Crippen LogP contribution is -2.27. The molecular formula is C29H32BrN10O2P. The molecule has 5 aromatic rings. The van der Waals surface area contributed by atoms with E-state index in [0.29, 0.717) is 55.7 Å². The molecule has 5 heterocycles. The molecule has 0 saturated carbocycles. The number of hydrogen-bond donors (Lipinski definition) is 3. The highest BCUT2D eigenvalue weighted by molar-refractivity contribution is 9.10. The van der Waals surface area contributed by atoms with Crippen molar-refractivity contribution < 1.29 is 9.30 Å². The first-order valence-electron chi connectivity index (χ1n) is 13.9. The van der Waals surface area contributed by atoms with Crippen LogP contribution in [-0.2, 0) is 11.6 Å². The lowest BCUT2D eigenvalue weighted by atomic mass is 9.89. The van der Waals surface area contributed by atoms with Crippen molar-refractivity contribution in [3.8, 4) is 17.0 Å². The zero-order valence-corrected chi connectivity index (χ0v) is 26.8. The number of fused-ring (bicyclic) bond motifs is 1. The highest BCUT2D eigenvalue weighted by atomic mass is 79.9. The fraction of sp³-hybridized carbons (Fsp3) is 0.310. The number of piperidine rings is 1. The summed E-state index contributed by atoms with van der Waals surface area (Å²) in [5.41, 5.74) is 5.49. The van der Waals surface area contributed by atoms with Gasteiger partial charge >= 0.3 is 0 Å². The van der Waals surface area contributed by atoms with Crippen LogP contribution in [0.5, 0.6) is 5.88 Å². The number of hydrogen-bond acceptors (Lipinski definition) is 11. The molecule has 0 unspecified atom stereocenters. The number of halogens is 1. The minimum Gasteiger partial charge on any atom is -0.480 e. The summed E-state index contributed by atoms with van der Waals surface area (Å²) >= 11 is 3.56. The van der Waals surface area contributed by atoms with Gasteiger partial charge in [-0.15, -0.1) is 0 Å². The summed E-state index contributed by atoms with van der Waals surface area (Å²) < 4.78 is 21.6. The molecular weight excluding hydrogens is 631 g/mol. The van der Waals surface area contributed by atoms with E-state index < -0.39 is 7.14 Å². The number of aromatic nitrogens is 7. The topological polar surface area (TPSA) is 145 Å². The second kappa shape index (κ2) is 12.0. The summed E-state index contributed by atoms with van der Waals surface area (Å²) in [6.07, 6.45) is 10.7. The van der Waals surface area contributed by atoms with Crippen LogP contribution < -0.4 is 26.0 Å². The zero-order chi connectivity index (χ0) is 30.1. The number of pyridine rings is 1. The van der Waals surface area contributed by atoms with Crippen LogP contribution in [0, 0.1) is 0 Å².